The third-order valence-electron chi connectivity index (χ3n) is 3.72. The van der Waals surface area contributed by atoms with Crippen LogP contribution in [0.2, 0.25) is 0 Å². The van der Waals surface area contributed by atoms with E-state index in [0.29, 0.717) is 23.7 Å². The van der Waals surface area contributed by atoms with Gasteiger partial charge in [-0.25, -0.2) is 0 Å². The van der Waals surface area contributed by atoms with Crippen molar-refractivity contribution in [2.24, 2.45) is 0 Å². The van der Waals surface area contributed by atoms with Gasteiger partial charge in [0, 0.05) is 23.7 Å². The molecule has 126 valence electrons. The normalized spacial score (nSPS) is 14.8. The lowest BCUT2D eigenvalue weighted by Gasteiger charge is -2.33. The Kier molecular flexibility index (Phi) is 9.16. The van der Waals surface area contributed by atoms with Crippen LogP contribution in [0.1, 0.15) is 61.6 Å². The molecule has 3 nitrogen and oxygen atoms in total. The van der Waals surface area contributed by atoms with Gasteiger partial charge in [-0.05, 0) is 38.3 Å². The van der Waals surface area contributed by atoms with Gasteiger partial charge in [-0.3, -0.25) is 0 Å². The van der Waals surface area contributed by atoms with E-state index in [2.05, 4.69) is 60.7 Å². The maximum absolute atomic E-state index is 6.02. The van der Waals surface area contributed by atoms with Crippen LogP contribution >= 0.6 is 22.6 Å². The Balaban J connectivity index is 3.03. The highest BCUT2D eigenvalue weighted by Gasteiger charge is 2.47. The van der Waals surface area contributed by atoms with Gasteiger partial charge in [0.2, 0.25) is 0 Å². The molecule has 22 heavy (non-hydrogen) atoms. The van der Waals surface area contributed by atoms with E-state index in [9.17, 15) is 0 Å². The van der Waals surface area contributed by atoms with E-state index in [0.717, 1.165) is 6.42 Å². The van der Waals surface area contributed by atoms with Crippen molar-refractivity contribution in [3.05, 3.63) is 35.4 Å². The van der Waals surface area contributed by atoms with Crippen molar-refractivity contribution in [1.29, 1.82) is 0 Å². The Morgan fingerprint density at radius 2 is 1.27 bits per heavy atom. The molecule has 1 rings (SSSR count). The van der Waals surface area contributed by atoms with Crippen LogP contribution in [-0.2, 0) is 13.3 Å². The van der Waals surface area contributed by atoms with Gasteiger partial charge in [0.05, 0.1) is 5.54 Å². The fourth-order valence-corrected chi connectivity index (χ4v) is 5.76. The SMILES string of the molecule is CCO[Si](OCC)(OCC)C(C)c1ccc(C(I)CC)cc1. The largest absolute Gasteiger partial charge is 0.508 e. The van der Waals surface area contributed by atoms with Crippen molar-refractivity contribution in [3.63, 3.8) is 0 Å². The molecule has 0 saturated carbocycles. The van der Waals surface area contributed by atoms with E-state index >= 15 is 0 Å². The molecule has 0 aliphatic rings. The Labute approximate surface area is 150 Å². The Morgan fingerprint density at radius 3 is 1.64 bits per heavy atom. The van der Waals surface area contributed by atoms with Gasteiger partial charge in [0.25, 0.3) is 0 Å². The van der Waals surface area contributed by atoms with Crippen LogP contribution in [0, 0.1) is 0 Å². The minimum atomic E-state index is -2.69. The highest BCUT2D eigenvalue weighted by molar-refractivity contribution is 14.1. The third-order valence-corrected chi connectivity index (χ3v) is 8.79. The van der Waals surface area contributed by atoms with E-state index in [4.69, 9.17) is 13.3 Å². The van der Waals surface area contributed by atoms with Crippen LogP contribution in [0.15, 0.2) is 24.3 Å². The van der Waals surface area contributed by atoms with Crippen molar-refractivity contribution in [3.8, 4) is 0 Å². The van der Waals surface area contributed by atoms with Crippen LogP contribution in [0.4, 0.5) is 0 Å². The zero-order valence-electron chi connectivity index (χ0n) is 14.4. The first-order valence-corrected chi connectivity index (χ1v) is 11.2. The maximum Gasteiger partial charge on any atom is 0.508 e. The highest BCUT2D eigenvalue weighted by Crippen LogP contribution is 2.32. The third kappa shape index (κ3) is 5.02. The molecule has 0 N–H and O–H groups in total. The van der Waals surface area contributed by atoms with Gasteiger partial charge in [0.15, 0.2) is 0 Å². The first-order valence-electron chi connectivity index (χ1n) is 8.20. The number of hydrogen-bond donors (Lipinski definition) is 0. The monoisotopic (exact) mass is 436 g/mol. The topological polar surface area (TPSA) is 27.7 Å². The molecular formula is C17H29IO3Si. The van der Waals surface area contributed by atoms with Crippen LogP contribution in [-0.4, -0.2) is 28.6 Å². The second-order valence-electron chi connectivity index (χ2n) is 5.17. The molecule has 0 amide bonds. The average Bonchev–Trinajstić information content (AvgIpc) is 2.54. The standard InChI is InChI=1S/C17H29IO3Si/c1-6-17(18)16-12-10-15(11-13-16)14(5)22(19-7-2,20-8-3)21-9-4/h10-14,17H,6-9H2,1-5H3. The zero-order valence-corrected chi connectivity index (χ0v) is 17.6. The lowest BCUT2D eigenvalue weighted by atomic mass is 10.1. The van der Waals surface area contributed by atoms with Gasteiger partial charge in [-0.15, -0.1) is 0 Å². The summed E-state index contributed by atoms with van der Waals surface area (Å²) >= 11 is 2.49. The van der Waals surface area contributed by atoms with Gasteiger partial charge >= 0.3 is 8.80 Å². The molecule has 1 aromatic rings. The van der Waals surface area contributed by atoms with E-state index in [-0.39, 0.29) is 5.54 Å². The highest BCUT2D eigenvalue weighted by atomic mass is 127. The molecule has 0 radical (unpaired) electrons. The molecule has 2 atom stereocenters. The average molecular weight is 436 g/mol. The van der Waals surface area contributed by atoms with Crippen LogP contribution in [0.5, 0.6) is 0 Å². The summed E-state index contributed by atoms with van der Waals surface area (Å²) in [5.74, 6) is 0. The fourth-order valence-electron chi connectivity index (χ4n) is 2.54. The smallest absolute Gasteiger partial charge is 0.373 e. The van der Waals surface area contributed by atoms with Crippen molar-refractivity contribution < 1.29 is 13.3 Å². The Bertz CT molecular complexity index is 407. The summed E-state index contributed by atoms with van der Waals surface area (Å²) < 4.78 is 18.6. The van der Waals surface area contributed by atoms with E-state index < -0.39 is 8.80 Å². The second kappa shape index (κ2) is 10.0. The van der Waals surface area contributed by atoms with E-state index in [1.54, 1.807) is 0 Å². The molecular weight excluding hydrogens is 407 g/mol. The van der Waals surface area contributed by atoms with Crippen molar-refractivity contribution in [2.75, 3.05) is 19.8 Å². The van der Waals surface area contributed by atoms with Crippen molar-refractivity contribution in [1.82, 2.24) is 0 Å². The number of benzene rings is 1. The summed E-state index contributed by atoms with van der Waals surface area (Å²) in [6.45, 7) is 12.2. The quantitative estimate of drug-likeness (QED) is 0.284. The van der Waals surface area contributed by atoms with Gasteiger partial charge < -0.3 is 13.3 Å². The number of halogens is 1. The lowest BCUT2D eigenvalue weighted by Crippen LogP contribution is -2.51. The molecule has 0 spiro atoms. The predicted octanol–water partition coefficient (Wildman–Crippen LogP) is 5.26. The van der Waals surface area contributed by atoms with Crippen LogP contribution < -0.4 is 0 Å². The molecule has 0 aromatic heterocycles. The summed E-state index contributed by atoms with van der Waals surface area (Å²) in [4.78, 5) is 0. The number of hydrogen-bond acceptors (Lipinski definition) is 3. The summed E-state index contributed by atoms with van der Waals surface area (Å²) in [5, 5.41) is 0. The molecule has 0 saturated heterocycles. The van der Waals surface area contributed by atoms with Gasteiger partial charge in [-0.2, -0.15) is 0 Å². The van der Waals surface area contributed by atoms with Crippen LogP contribution in [0.25, 0.3) is 0 Å². The van der Waals surface area contributed by atoms with Crippen molar-refractivity contribution >= 4 is 31.4 Å². The van der Waals surface area contributed by atoms with Gasteiger partial charge in [0.1, 0.15) is 0 Å². The minimum absolute atomic E-state index is 0.135. The Hall–Kier alpha value is 0.0469. The van der Waals surface area contributed by atoms with Crippen LogP contribution in [0.3, 0.4) is 0 Å². The molecule has 1 aromatic carbocycles. The van der Waals surface area contributed by atoms with Gasteiger partial charge in [-0.1, -0.05) is 60.7 Å². The molecule has 0 bridgehead atoms. The minimum Gasteiger partial charge on any atom is -0.373 e. The van der Waals surface area contributed by atoms with E-state index in [1.165, 1.54) is 11.1 Å². The molecule has 0 fully saturated rings. The predicted molar refractivity (Wildman–Crippen MR) is 103 cm³/mol. The molecule has 0 aliphatic carbocycles. The summed E-state index contributed by atoms with van der Waals surface area (Å²) in [6.07, 6.45) is 1.14. The maximum atomic E-state index is 6.02. The molecule has 0 aliphatic heterocycles. The first-order chi connectivity index (χ1) is 10.5. The first kappa shape index (κ1) is 20.1. The fraction of sp³-hybridized carbons (Fsp3) is 0.647. The lowest BCUT2D eigenvalue weighted by molar-refractivity contribution is 0.0633. The van der Waals surface area contributed by atoms with Crippen molar-refractivity contribution in [2.45, 2.75) is 50.5 Å². The zero-order chi connectivity index (χ0) is 16.6. The molecule has 5 heteroatoms. The molecule has 0 heterocycles. The number of alkyl halides is 1. The summed E-state index contributed by atoms with van der Waals surface area (Å²) in [5.41, 5.74) is 2.73. The Morgan fingerprint density at radius 1 is 0.864 bits per heavy atom. The summed E-state index contributed by atoms with van der Waals surface area (Å²) in [7, 11) is -2.69. The second-order valence-corrected chi connectivity index (χ2v) is 9.61. The van der Waals surface area contributed by atoms with E-state index in [1.807, 2.05) is 20.8 Å². The summed E-state index contributed by atoms with van der Waals surface area (Å²) in [6, 6.07) is 8.82. The number of rotatable bonds is 10. The molecule has 2 unspecified atom stereocenters.